The first-order valence-corrected chi connectivity index (χ1v) is 7.91. The summed E-state index contributed by atoms with van der Waals surface area (Å²) in [6.07, 6.45) is 3.82. The zero-order chi connectivity index (χ0) is 14.8. The van der Waals surface area contributed by atoms with Crippen LogP contribution in [0.1, 0.15) is 37.1 Å². The molecule has 110 valence electrons. The largest absolute Gasteiger partial charge is 0.369 e. The highest BCUT2D eigenvalue weighted by molar-refractivity contribution is 7.18. The SMILES string of the molecule is Cc1sc2ncnc(NCC(C)(C)CCCN)c2c1C. The van der Waals surface area contributed by atoms with E-state index in [0.29, 0.717) is 0 Å². The van der Waals surface area contributed by atoms with E-state index < -0.39 is 0 Å². The van der Waals surface area contributed by atoms with Crippen molar-refractivity contribution in [2.45, 2.75) is 40.5 Å². The molecule has 0 amide bonds. The molecule has 5 heteroatoms. The van der Waals surface area contributed by atoms with Gasteiger partial charge in [0, 0.05) is 11.4 Å². The monoisotopic (exact) mass is 292 g/mol. The van der Waals surface area contributed by atoms with E-state index in [0.717, 1.165) is 36.6 Å². The number of anilines is 1. The lowest BCUT2D eigenvalue weighted by Crippen LogP contribution is -2.24. The Balaban J connectivity index is 2.18. The van der Waals surface area contributed by atoms with Gasteiger partial charge in [0.05, 0.1) is 5.39 Å². The van der Waals surface area contributed by atoms with Gasteiger partial charge in [0.25, 0.3) is 0 Å². The minimum atomic E-state index is 0.218. The van der Waals surface area contributed by atoms with Gasteiger partial charge in [-0.3, -0.25) is 0 Å². The molecule has 20 heavy (non-hydrogen) atoms. The molecule has 3 N–H and O–H groups in total. The van der Waals surface area contributed by atoms with Gasteiger partial charge < -0.3 is 11.1 Å². The van der Waals surface area contributed by atoms with Crippen molar-refractivity contribution < 1.29 is 0 Å². The Morgan fingerprint density at radius 1 is 1.30 bits per heavy atom. The fourth-order valence-corrected chi connectivity index (χ4v) is 3.31. The van der Waals surface area contributed by atoms with Crippen LogP contribution in [0.4, 0.5) is 5.82 Å². The van der Waals surface area contributed by atoms with E-state index in [-0.39, 0.29) is 5.41 Å². The van der Waals surface area contributed by atoms with Crippen LogP contribution in [-0.4, -0.2) is 23.1 Å². The molecule has 2 aromatic heterocycles. The fraction of sp³-hybridized carbons (Fsp3) is 0.600. The lowest BCUT2D eigenvalue weighted by atomic mass is 9.88. The van der Waals surface area contributed by atoms with Crippen LogP contribution in [0.15, 0.2) is 6.33 Å². The summed E-state index contributed by atoms with van der Waals surface area (Å²) in [4.78, 5) is 11.2. The summed E-state index contributed by atoms with van der Waals surface area (Å²) in [5, 5.41) is 4.68. The van der Waals surface area contributed by atoms with Gasteiger partial charge >= 0.3 is 0 Å². The summed E-state index contributed by atoms with van der Waals surface area (Å²) in [7, 11) is 0. The van der Waals surface area contributed by atoms with Crippen LogP contribution >= 0.6 is 11.3 Å². The number of hydrogen-bond donors (Lipinski definition) is 2. The van der Waals surface area contributed by atoms with Crippen molar-refractivity contribution in [1.29, 1.82) is 0 Å². The highest BCUT2D eigenvalue weighted by Gasteiger charge is 2.18. The molecule has 0 aliphatic rings. The normalized spacial score (nSPS) is 12.1. The van der Waals surface area contributed by atoms with Gasteiger partial charge in [-0.2, -0.15) is 0 Å². The van der Waals surface area contributed by atoms with E-state index in [4.69, 9.17) is 5.73 Å². The topological polar surface area (TPSA) is 63.8 Å². The molecule has 4 nitrogen and oxygen atoms in total. The number of nitrogens with zero attached hydrogens (tertiary/aromatic N) is 2. The average Bonchev–Trinajstić information content (AvgIpc) is 2.70. The van der Waals surface area contributed by atoms with Gasteiger partial charge in [0.2, 0.25) is 0 Å². The maximum absolute atomic E-state index is 5.60. The second kappa shape index (κ2) is 6.06. The number of nitrogens with two attached hydrogens (primary N) is 1. The summed E-state index contributed by atoms with van der Waals surface area (Å²) in [5.74, 6) is 0.956. The molecule has 0 spiro atoms. The van der Waals surface area contributed by atoms with Crippen LogP contribution < -0.4 is 11.1 Å². The minimum absolute atomic E-state index is 0.218. The summed E-state index contributed by atoms with van der Waals surface area (Å²) < 4.78 is 0. The molecule has 0 saturated heterocycles. The Labute approximate surface area is 124 Å². The first-order valence-electron chi connectivity index (χ1n) is 7.09. The minimum Gasteiger partial charge on any atom is -0.369 e. The molecular weight excluding hydrogens is 268 g/mol. The number of thiophene rings is 1. The zero-order valence-electron chi connectivity index (χ0n) is 12.8. The van der Waals surface area contributed by atoms with Gasteiger partial charge in [0.1, 0.15) is 17.0 Å². The standard InChI is InChI=1S/C15H24N4S/c1-10-11(2)20-14-12(10)13(18-9-19-14)17-8-15(3,4)6-5-7-16/h9H,5-8,16H2,1-4H3,(H,17,18,19). The van der Waals surface area contributed by atoms with Crippen LogP contribution in [0.2, 0.25) is 0 Å². The van der Waals surface area contributed by atoms with E-state index >= 15 is 0 Å². The van der Waals surface area contributed by atoms with Crippen LogP contribution in [0, 0.1) is 19.3 Å². The first kappa shape index (κ1) is 15.2. The number of aromatic nitrogens is 2. The van der Waals surface area contributed by atoms with Crippen molar-refractivity contribution in [3.05, 3.63) is 16.8 Å². The number of nitrogens with one attached hydrogen (secondary N) is 1. The molecule has 0 fully saturated rings. The van der Waals surface area contributed by atoms with E-state index in [1.807, 2.05) is 0 Å². The van der Waals surface area contributed by atoms with Crippen molar-refractivity contribution >= 4 is 27.4 Å². The summed E-state index contributed by atoms with van der Waals surface area (Å²) in [6.45, 7) is 10.5. The maximum atomic E-state index is 5.60. The van der Waals surface area contributed by atoms with Gasteiger partial charge in [-0.25, -0.2) is 9.97 Å². The quantitative estimate of drug-likeness (QED) is 0.855. The van der Waals surface area contributed by atoms with Crippen LogP contribution in [-0.2, 0) is 0 Å². The molecule has 2 aromatic rings. The Kier molecular flexibility index (Phi) is 4.60. The lowest BCUT2D eigenvalue weighted by molar-refractivity contribution is 0.350. The van der Waals surface area contributed by atoms with Crippen molar-refractivity contribution in [3.8, 4) is 0 Å². The van der Waals surface area contributed by atoms with Gasteiger partial charge in [-0.1, -0.05) is 13.8 Å². The highest BCUT2D eigenvalue weighted by atomic mass is 32.1. The maximum Gasteiger partial charge on any atom is 0.138 e. The van der Waals surface area contributed by atoms with Crippen LogP contribution in [0.5, 0.6) is 0 Å². The Hall–Kier alpha value is -1.20. The third kappa shape index (κ3) is 3.27. The van der Waals surface area contributed by atoms with Gasteiger partial charge in [0.15, 0.2) is 0 Å². The van der Waals surface area contributed by atoms with E-state index in [2.05, 4.69) is 43.0 Å². The Morgan fingerprint density at radius 3 is 2.75 bits per heavy atom. The first-order chi connectivity index (χ1) is 9.44. The molecule has 0 saturated carbocycles. The lowest BCUT2D eigenvalue weighted by Gasteiger charge is -2.25. The summed E-state index contributed by atoms with van der Waals surface area (Å²) in [6, 6.07) is 0. The fourth-order valence-electron chi connectivity index (χ4n) is 2.31. The van der Waals surface area contributed by atoms with E-state index in [1.165, 1.54) is 15.8 Å². The van der Waals surface area contributed by atoms with Crippen molar-refractivity contribution in [2.75, 3.05) is 18.4 Å². The highest BCUT2D eigenvalue weighted by Crippen LogP contribution is 2.33. The number of hydrogen-bond acceptors (Lipinski definition) is 5. The molecule has 0 unspecified atom stereocenters. The molecule has 0 radical (unpaired) electrons. The molecule has 0 aliphatic heterocycles. The molecular formula is C15H24N4S. The molecule has 0 aromatic carbocycles. The molecule has 2 heterocycles. The van der Waals surface area contributed by atoms with Gasteiger partial charge in [-0.15, -0.1) is 11.3 Å². The Bertz CT molecular complexity index is 589. The average molecular weight is 292 g/mol. The summed E-state index contributed by atoms with van der Waals surface area (Å²) >= 11 is 1.73. The summed E-state index contributed by atoms with van der Waals surface area (Å²) in [5.41, 5.74) is 7.10. The van der Waals surface area contributed by atoms with Crippen molar-refractivity contribution in [2.24, 2.45) is 11.1 Å². The van der Waals surface area contributed by atoms with Crippen LogP contribution in [0.3, 0.4) is 0 Å². The zero-order valence-corrected chi connectivity index (χ0v) is 13.6. The Morgan fingerprint density at radius 2 is 2.05 bits per heavy atom. The second-order valence-corrected chi connectivity index (χ2v) is 7.30. The molecule has 0 atom stereocenters. The molecule has 0 aliphatic carbocycles. The van der Waals surface area contributed by atoms with Crippen molar-refractivity contribution in [1.82, 2.24) is 9.97 Å². The number of fused-ring (bicyclic) bond motifs is 1. The molecule has 0 bridgehead atoms. The third-order valence-corrected chi connectivity index (χ3v) is 4.87. The number of aryl methyl sites for hydroxylation is 2. The second-order valence-electron chi connectivity index (χ2n) is 6.10. The predicted octanol–water partition coefficient (Wildman–Crippen LogP) is 3.49. The van der Waals surface area contributed by atoms with Gasteiger partial charge in [-0.05, 0) is 44.2 Å². The van der Waals surface area contributed by atoms with E-state index in [1.54, 1.807) is 17.7 Å². The third-order valence-electron chi connectivity index (χ3n) is 3.76. The molecule has 2 rings (SSSR count). The van der Waals surface area contributed by atoms with E-state index in [9.17, 15) is 0 Å². The number of rotatable bonds is 6. The predicted molar refractivity (Wildman–Crippen MR) is 87.4 cm³/mol. The van der Waals surface area contributed by atoms with Crippen LogP contribution in [0.25, 0.3) is 10.2 Å². The van der Waals surface area contributed by atoms with Crippen molar-refractivity contribution in [3.63, 3.8) is 0 Å². The smallest absolute Gasteiger partial charge is 0.138 e.